The van der Waals surface area contributed by atoms with E-state index in [-0.39, 0.29) is 11.3 Å². The van der Waals surface area contributed by atoms with Gasteiger partial charge in [-0.15, -0.1) is 0 Å². The van der Waals surface area contributed by atoms with E-state index in [1.54, 1.807) is 0 Å². The molecule has 0 unspecified atom stereocenters. The van der Waals surface area contributed by atoms with Gasteiger partial charge in [0.05, 0.1) is 5.25 Å². The Morgan fingerprint density at radius 3 is 2.56 bits per heavy atom. The van der Waals surface area contributed by atoms with E-state index in [2.05, 4.69) is 11.8 Å². The summed E-state index contributed by atoms with van der Waals surface area (Å²) in [5.74, 6) is 0.543. The lowest BCUT2D eigenvalue weighted by Gasteiger charge is -2.46. The third-order valence-electron chi connectivity index (χ3n) is 4.14. The minimum atomic E-state index is -3.41. The van der Waals surface area contributed by atoms with E-state index in [1.165, 1.54) is 19.3 Å². The van der Waals surface area contributed by atoms with Crippen molar-refractivity contribution in [2.75, 3.05) is 13.1 Å². The van der Waals surface area contributed by atoms with E-state index in [4.69, 9.17) is 10.7 Å². The van der Waals surface area contributed by atoms with Crippen molar-refractivity contribution in [2.24, 2.45) is 5.92 Å². The average molecular weight is 266 g/mol. The van der Waals surface area contributed by atoms with Gasteiger partial charge in [0.15, 0.2) is 0 Å². The molecule has 1 aliphatic heterocycles. The van der Waals surface area contributed by atoms with Crippen molar-refractivity contribution in [3.05, 3.63) is 0 Å². The van der Waals surface area contributed by atoms with E-state index in [0.717, 1.165) is 25.9 Å². The molecule has 1 saturated carbocycles. The van der Waals surface area contributed by atoms with Crippen molar-refractivity contribution in [1.29, 1.82) is 0 Å². The summed E-state index contributed by atoms with van der Waals surface area (Å²) in [6.45, 7) is 4.07. The molecule has 5 heteroatoms. The summed E-state index contributed by atoms with van der Waals surface area (Å²) in [5.41, 5.74) is 0. The summed E-state index contributed by atoms with van der Waals surface area (Å²) < 4.78 is 23.3. The van der Waals surface area contributed by atoms with Crippen LogP contribution >= 0.6 is 10.7 Å². The lowest BCUT2D eigenvalue weighted by molar-refractivity contribution is 0.0688. The van der Waals surface area contributed by atoms with Gasteiger partial charge in [0.2, 0.25) is 9.05 Å². The molecule has 94 valence electrons. The zero-order valence-electron chi connectivity index (χ0n) is 9.73. The summed E-state index contributed by atoms with van der Waals surface area (Å²) in [5, 5.41) is -0.340. The summed E-state index contributed by atoms with van der Waals surface area (Å²) in [6.07, 6.45) is 5.29. The molecular weight excluding hydrogens is 246 g/mol. The molecule has 2 aliphatic rings. The Morgan fingerprint density at radius 2 is 1.94 bits per heavy atom. The molecule has 2 fully saturated rings. The van der Waals surface area contributed by atoms with Crippen molar-refractivity contribution in [3.63, 3.8) is 0 Å². The molecule has 0 aromatic rings. The van der Waals surface area contributed by atoms with Crippen molar-refractivity contribution >= 4 is 19.7 Å². The lowest BCUT2D eigenvalue weighted by atomic mass is 9.78. The maximum atomic E-state index is 11.6. The molecule has 2 rings (SSSR count). The molecule has 1 heterocycles. The van der Waals surface area contributed by atoms with Gasteiger partial charge < -0.3 is 0 Å². The largest absolute Gasteiger partial charge is 0.299 e. The highest BCUT2D eigenvalue weighted by Crippen LogP contribution is 2.39. The van der Waals surface area contributed by atoms with Gasteiger partial charge in [-0.25, -0.2) is 8.42 Å². The lowest BCUT2D eigenvalue weighted by Crippen LogP contribution is -2.55. The quantitative estimate of drug-likeness (QED) is 0.719. The van der Waals surface area contributed by atoms with Gasteiger partial charge in [-0.2, -0.15) is 0 Å². The van der Waals surface area contributed by atoms with E-state index in [0.29, 0.717) is 5.92 Å². The van der Waals surface area contributed by atoms with Gasteiger partial charge in [0.1, 0.15) is 0 Å². The molecule has 3 atom stereocenters. The first-order valence-electron chi connectivity index (χ1n) is 6.21. The van der Waals surface area contributed by atoms with E-state index >= 15 is 0 Å². The van der Waals surface area contributed by atoms with E-state index in [9.17, 15) is 8.42 Å². The fourth-order valence-electron chi connectivity index (χ4n) is 3.46. The van der Waals surface area contributed by atoms with Crippen molar-refractivity contribution in [3.8, 4) is 0 Å². The predicted octanol–water partition coefficient (Wildman–Crippen LogP) is 2.21. The Morgan fingerprint density at radius 1 is 1.25 bits per heavy atom. The third kappa shape index (κ3) is 2.39. The van der Waals surface area contributed by atoms with Crippen LogP contribution in [0.4, 0.5) is 0 Å². The number of hydrogen-bond donors (Lipinski definition) is 0. The molecule has 0 aromatic heterocycles. The molecule has 0 N–H and O–H groups in total. The first-order valence-corrected chi connectivity index (χ1v) is 8.59. The molecule has 1 saturated heterocycles. The number of hydrogen-bond acceptors (Lipinski definition) is 3. The second-order valence-corrected chi connectivity index (χ2v) is 7.81. The summed E-state index contributed by atoms with van der Waals surface area (Å²) in [6, 6.07) is 0.176. The van der Waals surface area contributed by atoms with Gasteiger partial charge in [-0.1, -0.05) is 13.3 Å². The van der Waals surface area contributed by atoms with Crippen LogP contribution in [0.5, 0.6) is 0 Å². The average Bonchev–Trinajstić information content (AvgIpc) is 2.26. The first-order chi connectivity index (χ1) is 7.54. The maximum Gasteiger partial charge on any atom is 0.237 e. The minimum Gasteiger partial charge on any atom is -0.299 e. The standard InChI is InChI=1S/C11H20ClNO2S/c1-2-13-8-4-6-9-5-3-7-10(11(9)13)16(12,14)15/h9-11H,2-8H2,1H3/t9-,10+,11+/m0/s1. The zero-order chi connectivity index (χ0) is 11.8. The molecule has 0 amide bonds. The number of piperidine rings is 1. The van der Waals surface area contributed by atoms with Crippen molar-refractivity contribution in [2.45, 2.75) is 50.3 Å². The summed E-state index contributed by atoms with van der Waals surface area (Å²) >= 11 is 0. The van der Waals surface area contributed by atoms with Crippen LogP contribution < -0.4 is 0 Å². The summed E-state index contributed by atoms with van der Waals surface area (Å²) in [4.78, 5) is 2.32. The molecule has 0 bridgehead atoms. The molecule has 0 aromatic carbocycles. The Bertz CT molecular complexity index is 335. The highest BCUT2D eigenvalue weighted by atomic mass is 35.7. The van der Waals surface area contributed by atoms with Crippen LogP contribution in [0.3, 0.4) is 0 Å². The monoisotopic (exact) mass is 265 g/mol. The number of halogens is 1. The second kappa shape index (κ2) is 4.83. The van der Waals surface area contributed by atoms with Gasteiger partial charge >= 0.3 is 0 Å². The molecule has 16 heavy (non-hydrogen) atoms. The summed E-state index contributed by atoms with van der Waals surface area (Å²) in [7, 11) is 2.19. The van der Waals surface area contributed by atoms with Gasteiger partial charge in [-0.05, 0) is 44.7 Å². The van der Waals surface area contributed by atoms with E-state index in [1.807, 2.05) is 0 Å². The van der Waals surface area contributed by atoms with Crippen LogP contribution in [0.1, 0.15) is 39.0 Å². The van der Waals surface area contributed by atoms with E-state index < -0.39 is 9.05 Å². The van der Waals surface area contributed by atoms with Gasteiger partial charge in [-0.3, -0.25) is 4.90 Å². The first kappa shape index (κ1) is 12.7. The van der Waals surface area contributed by atoms with Gasteiger partial charge in [0, 0.05) is 16.7 Å². The van der Waals surface area contributed by atoms with Crippen molar-refractivity contribution in [1.82, 2.24) is 4.90 Å². The zero-order valence-corrected chi connectivity index (χ0v) is 11.3. The fraction of sp³-hybridized carbons (Fsp3) is 1.00. The number of rotatable bonds is 2. The van der Waals surface area contributed by atoms with Crippen molar-refractivity contribution < 1.29 is 8.42 Å². The van der Waals surface area contributed by atoms with Crippen LogP contribution in [0.15, 0.2) is 0 Å². The Labute approximate surface area is 103 Å². The minimum absolute atomic E-state index is 0.176. The highest BCUT2D eigenvalue weighted by Gasteiger charge is 2.44. The number of fused-ring (bicyclic) bond motifs is 1. The maximum absolute atomic E-state index is 11.6. The molecule has 0 radical (unpaired) electrons. The van der Waals surface area contributed by atoms with Crippen LogP contribution in [-0.4, -0.2) is 37.7 Å². The highest BCUT2D eigenvalue weighted by molar-refractivity contribution is 8.14. The second-order valence-electron chi connectivity index (χ2n) is 4.97. The molecule has 0 spiro atoms. The van der Waals surface area contributed by atoms with Crippen LogP contribution in [0, 0.1) is 5.92 Å². The normalized spacial score (nSPS) is 37.0. The number of likely N-dealkylation sites (tertiary alicyclic amines) is 1. The molecule has 1 aliphatic carbocycles. The topological polar surface area (TPSA) is 37.4 Å². The fourth-order valence-corrected chi connectivity index (χ4v) is 5.22. The smallest absolute Gasteiger partial charge is 0.237 e. The number of nitrogens with zero attached hydrogens (tertiary/aromatic N) is 1. The predicted molar refractivity (Wildman–Crippen MR) is 66.2 cm³/mol. The molecule has 3 nitrogen and oxygen atoms in total. The van der Waals surface area contributed by atoms with Gasteiger partial charge in [0.25, 0.3) is 0 Å². The Hall–Kier alpha value is 0.200. The SMILES string of the molecule is CCN1CCC[C@@H]2CCC[C@@H](S(=O)(=O)Cl)[C@@H]21. The Balaban J connectivity index is 2.25. The molecular formula is C11H20ClNO2S. The van der Waals surface area contributed by atoms with Crippen LogP contribution in [0.2, 0.25) is 0 Å². The third-order valence-corrected chi connectivity index (χ3v) is 6.06. The van der Waals surface area contributed by atoms with Crippen LogP contribution in [-0.2, 0) is 9.05 Å². The van der Waals surface area contributed by atoms with Crippen LogP contribution in [0.25, 0.3) is 0 Å². The Kier molecular flexibility index (Phi) is 3.82.